The van der Waals surface area contributed by atoms with Gasteiger partial charge in [-0.3, -0.25) is 4.99 Å². The summed E-state index contributed by atoms with van der Waals surface area (Å²) in [5.74, 6) is 0.868. The van der Waals surface area contributed by atoms with E-state index in [-0.39, 0.29) is 0 Å². The Labute approximate surface area is 104 Å². The van der Waals surface area contributed by atoms with Gasteiger partial charge >= 0.3 is 6.18 Å². The molecular formula is C13H15F3N2. The van der Waals surface area contributed by atoms with Crippen molar-refractivity contribution in [3.8, 4) is 0 Å². The van der Waals surface area contributed by atoms with Crippen molar-refractivity contribution >= 4 is 11.5 Å². The van der Waals surface area contributed by atoms with Crippen LogP contribution in [-0.4, -0.2) is 12.4 Å². The van der Waals surface area contributed by atoms with Crippen LogP contribution in [0.3, 0.4) is 0 Å². The lowest BCUT2D eigenvalue weighted by Gasteiger charge is -2.10. The van der Waals surface area contributed by atoms with Gasteiger partial charge in [0.05, 0.1) is 5.56 Å². The molecule has 5 heteroatoms. The van der Waals surface area contributed by atoms with Crippen LogP contribution in [0.25, 0.3) is 0 Å². The Morgan fingerprint density at radius 3 is 2.39 bits per heavy atom. The number of anilines is 1. The highest BCUT2D eigenvalue weighted by atomic mass is 19.4. The Bertz CT molecular complexity index is 421. The van der Waals surface area contributed by atoms with Gasteiger partial charge in [0.25, 0.3) is 0 Å². The van der Waals surface area contributed by atoms with Crippen molar-refractivity contribution < 1.29 is 13.2 Å². The number of nitrogens with zero attached hydrogens (tertiary/aromatic N) is 1. The van der Waals surface area contributed by atoms with Crippen LogP contribution in [0.5, 0.6) is 0 Å². The van der Waals surface area contributed by atoms with Gasteiger partial charge in [0, 0.05) is 18.7 Å². The summed E-state index contributed by atoms with van der Waals surface area (Å²) < 4.78 is 37.2. The van der Waals surface area contributed by atoms with Gasteiger partial charge in [0.2, 0.25) is 0 Å². The Morgan fingerprint density at radius 1 is 1.00 bits per heavy atom. The molecule has 1 N–H and O–H groups in total. The number of hydrogen-bond acceptors (Lipinski definition) is 2. The molecule has 0 unspecified atom stereocenters. The summed E-state index contributed by atoms with van der Waals surface area (Å²) in [6.45, 7) is 0.795. The van der Waals surface area contributed by atoms with E-state index in [1.165, 1.54) is 12.1 Å². The highest BCUT2D eigenvalue weighted by Gasteiger charge is 2.29. The van der Waals surface area contributed by atoms with Crippen LogP contribution in [0.4, 0.5) is 18.9 Å². The minimum atomic E-state index is -4.28. The molecule has 18 heavy (non-hydrogen) atoms. The fourth-order valence-electron chi connectivity index (χ4n) is 1.89. The van der Waals surface area contributed by atoms with Gasteiger partial charge in [-0.25, -0.2) is 0 Å². The van der Waals surface area contributed by atoms with Gasteiger partial charge in [-0.1, -0.05) is 6.42 Å². The van der Waals surface area contributed by atoms with E-state index in [0.29, 0.717) is 5.69 Å². The molecule has 1 aliphatic heterocycles. The highest BCUT2D eigenvalue weighted by Crippen LogP contribution is 2.29. The summed E-state index contributed by atoms with van der Waals surface area (Å²) in [6.07, 6.45) is -0.105. The Hall–Kier alpha value is -1.52. The molecule has 1 heterocycles. The van der Waals surface area contributed by atoms with E-state index in [1.807, 2.05) is 0 Å². The van der Waals surface area contributed by atoms with Crippen molar-refractivity contribution in [3.63, 3.8) is 0 Å². The quantitative estimate of drug-likeness (QED) is 0.804. The largest absolute Gasteiger partial charge is 0.416 e. The van der Waals surface area contributed by atoms with Gasteiger partial charge in [-0.15, -0.1) is 0 Å². The van der Waals surface area contributed by atoms with E-state index < -0.39 is 11.7 Å². The molecule has 0 spiro atoms. The number of nitrogens with one attached hydrogen (secondary N) is 1. The van der Waals surface area contributed by atoms with Crippen molar-refractivity contribution in [1.29, 1.82) is 0 Å². The predicted molar refractivity (Wildman–Crippen MR) is 65.8 cm³/mol. The molecule has 0 radical (unpaired) electrons. The summed E-state index contributed by atoms with van der Waals surface area (Å²) in [5.41, 5.74) is 0.0273. The maximum Gasteiger partial charge on any atom is 0.416 e. The predicted octanol–water partition coefficient (Wildman–Crippen LogP) is 4.09. The minimum absolute atomic E-state index is 0.629. The third-order valence-corrected chi connectivity index (χ3v) is 2.88. The second kappa shape index (κ2) is 5.42. The standard InChI is InChI=1S/C13H15F3N2/c14-13(15,16)10-5-7-11(8-6-10)18-12-4-2-1-3-9-17-12/h5-8H,1-4,9H2,(H,17,18). The number of amidine groups is 1. The van der Waals surface area contributed by atoms with Gasteiger partial charge in [-0.2, -0.15) is 13.2 Å². The zero-order valence-corrected chi connectivity index (χ0v) is 9.93. The summed E-state index contributed by atoms with van der Waals surface area (Å²) in [7, 11) is 0. The van der Waals surface area contributed by atoms with Gasteiger partial charge in [0.1, 0.15) is 5.84 Å². The lowest BCUT2D eigenvalue weighted by atomic mass is 10.2. The second-order valence-electron chi connectivity index (χ2n) is 4.34. The number of rotatable bonds is 1. The molecule has 2 rings (SSSR count). The first-order valence-electron chi connectivity index (χ1n) is 6.03. The molecule has 0 aromatic heterocycles. The van der Waals surface area contributed by atoms with Gasteiger partial charge < -0.3 is 5.32 Å². The lowest BCUT2D eigenvalue weighted by Crippen LogP contribution is -2.12. The second-order valence-corrected chi connectivity index (χ2v) is 4.34. The van der Waals surface area contributed by atoms with Crippen molar-refractivity contribution in [1.82, 2.24) is 0 Å². The fraction of sp³-hybridized carbons (Fsp3) is 0.462. The molecule has 0 bridgehead atoms. The van der Waals surface area contributed by atoms with Crippen molar-refractivity contribution in [2.45, 2.75) is 31.9 Å². The van der Waals surface area contributed by atoms with Crippen LogP contribution in [0.2, 0.25) is 0 Å². The third-order valence-electron chi connectivity index (χ3n) is 2.88. The van der Waals surface area contributed by atoms with Crippen molar-refractivity contribution in [2.75, 3.05) is 11.9 Å². The number of hydrogen-bond donors (Lipinski definition) is 1. The van der Waals surface area contributed by atoms with Crippen molar-refractivity contribution in [3.05, 3.63) is 29.8 Å². The number of alkyl halides is 3. The van der Waals surface area contributed by atoms with E-state index in [4.69, 9.17) is 0 Å². The molecule has 0 fully saturated rings. The molecule has 1 aromatic carbocycles. The molecular weight excluding hydrogens is 241 g/mol. The highest BCUT2D eigenvalue weighted by molar-refractivity contribution is 5.95. The van der Waals surface area contributed by atoms with E-state index >= 15 is 0 Å². The molecule has 0 saturated carbocycles. The maximum absolute atomic E-state index is 12.4. The lowest BCUT2D eigenvalue weighted by molar-refractivity contribution is -0.137. The zero-order chi connectivity index (χ0) is 13.0. The Balaban J connectivity index is 2.04. The number of benzene rings is 1. The minimum Gasteiger partial charge on any atom is -0.344 e. The summed E-state index contributed by atoms with van der Waals surface area (Å²) in [4.78, 5) is 4.37. The first kappa shape index (κ1) is 12.9. The van der Waals surface area contributed by atoms with Crippen LogP contribution in [0.15, 0.2) is 29.3 Å². The van der Waals surface area contributed by atoms with Crippen LogP contribution in [0.1, 0.15) is 31.2 Å². The Kier molecular flexibility index (Phi) is 3.89. The first-order valence-corrected chi connectivity index (χ1v) is 6.03. The van der Waals surface area contributed by atoms with Crippen LogP contribution < -0.4 is 5.32 Å². The normalized spacial score (nSPS) is 16.9. The van der Waals surface area contributed by atoms with Gasteiger partial charge in [0.15, 0.2) is 0 Å². The Morgan fingerprint density at radius 2 is 1.72 bits per heavy atom. The van der Waals surface area contributed by atoms with Crippen molar-refractivity contribution in [2.24, 2.45) is 4.99 Å². The SMILES string of the molecule is FC(F)(F)c1ccc(NC2=NCCCCC2)cc1. The third kappa shape index (κ3) is 3.48. The van der Waals surface area contributed by atoms with Gasteiger partial charge in [-0.05, 0) is 37.1 Å². The molecule has 2 nitrogen and oxygen atoms in total. The van der Waals surface area contributed by atoms with Crippen LogP contribution >= 0.6 is 0 Å². The monoisotopic (exact) mass is 256 g/mol. The molecule has 1 aliphatic rings. The van der Waals surface area contributed by atoms with E-state index in [1.54, 1.807) is 0 Å². The average Bonchev–Trinajstić information content (AvgIpc) is 2.57. The average molecular weight is 256 g/mol. The van der Waals surface area contributed by atoms with E-state index in [9.17, 15) is 13.2 Å². The van der Waals surface area contributed by atoms with Crippen LogP contribution in [0, 0.1) is 0 Å². The van der Waals surface area contributed by atoms with E-state index in [2.05, 4.69) is 10.3 Å². The fourth-order valence-corrected chi connectivity index (χ4v) is 1.89. The number of halogens is 3. The topological polar surface area (TPSA) is 24.4 Å². The molecule has 98 valence electrons. The zero-order valence-electron chi connectivity index (χ0n) is 9.93. The smallest absolute Gasteiger partial charge is 0.344 e. The summed E-state index contributed by atoms with van der Waals surface area (Å²) in [6, 6.07) is 5.05. The first-order chi connectivity index (χ1) is 8.55. The van der Waals surface area contributed by atoms with Crippen LogP contribution in [-0.2, 0) is 6.18 Å². The summed E-state index contributed by atoms with van der Waals surface area (Å²) >= 11 is 0. The van der Waals surface area contributed by atoms with E-state index in [0.717, 1.165) is 50.2 Å². The number of aliphatic imine (C=N–C) groups is 1. The summed E-state index contributed by atoms with van der Waals surface area (Å²) in [5, 5.41) is 3.08. The molecule has 0 atom stereocenters. The maximum atomic E-state index is 12.4. The molecule has 1 aromatic rings. The molecule has 0 aliphatic carbocycles. The molecule has 0 amide bonds. The molecule has 0 saturated heterocycles.